The van der Waals surface area contributed by atoms with Crippen molar-refractivity contribution in [2.45, 2.75) is 147 Å². The molecule has 39 heavy (non-hydrogen) atoms. The Balaban J connectivity index is 2.62. The Morgan fingerprint density at radius 2 is 1.46 bits per heavy atom. The van der Waals surface area contributed by atoms with Gasteiger partial charge < -0.3 is 40.3 Å². The lowest BCUT2D eigenvalue weighted by atomic mass is 9.99. The van der Waals surface area contributed by atoms with Crippen LogP contribution >= 0.6 is 0 Å². The van der Waals surface area contributed by atoms with Crippen molar-refractivity contribution in [2.24, 2.45) is 0 Å². The van der Waals surface area contributed by atoms with Crippen LogP contribution in [-0.4, -0.2) is 87.5 Å². The topological polar surface area (TPSA) is 149 Å². The van der Waals surface area contributed by atoms with E-state index < -0.39 is 49.5 Å². The van der Waals surface area contributed by atoms with E-state index in [1.165, 1.54) is 38.5 Å². The molecule has 7 unspecified atom stereocenters. The molecule has 9 heteroatoms. The Morgan fingerprint density at radius 3 is 2.13 bits per heavy atom. The van der Waals surface area contributed by atoms with Gasteiger partial charge in [-0.05, 0) is 25.7 Å². The average Bonchev–Trinajstić information content (AvgIpc) is 2.93. The highest BCUT2D eigenvalue weighted by molar-refractivity contribution is 5.76. The van der Waals surface area contributed by atoms with E-state index in [0.29, 0.717) is 6.42 Å². The molecule has 228 valence electrons. The number of hydrogen-bond acceptors (Lipinski definition) is 8. The van der Waals surface area contributed by atoms with Gasteiger partial charge >= 0.3 is 0 Å². The molecule has 0 saturated carbocycles. The second kappa shape index (κ2) is 22.4. The number of hydrogen-bond donors (Lipinski definition) is 6. The van der Waals surface area contributed by atoms with E-state index in [2.05, 4.69) is 31.3 Å². The largest absolute Gasteiger partial charge is 0.394 e. The van der Waals surface area contributed by atoms with Crippen LogP contribution in [0.15, 0.2) is 24.3 Å². The van der Waals surface area contributed by atoms with Gasteiger partial charge in [-0.15, -0.1) is 0 Å². The fourth-order valence-electron chi connectivity index (χ4n) is 4.45. The monoisotopic (exact) mass is 557 g/mol. The fourth-order valence-corrected chi connectivity index (χ4v) is 4.45. The minimum Gasteiger partial charge on any atom is -0.394 e. The SMILES string of the molecule is CCCC/C=C/CC/C=C/C(O)C(COC1OC(CO)C(O)C(O)C1O)NC(=O)CCCCCCCCCC. The van der Waals surface area contributed by atoms with Crippen LogP contribution in [0.2, 0.25) is 0 Å². The van der Waals surface area contributed by atoms with Crippen molar-refractivity contribution in [2.75, 3.05) is 13.2 Å². The van der Waals surface area contributed by atoms with Crippen molar-refractivity contribution in [1.29, 1.82) is 0 Å². The van der Waals surface area contributed by atoms with Gasteiger partial charge in [0, 0.05) is 6.42 Å². The summed E-state index contributed by atoms with van der Waals surface area (Å²) in [6, 6.07) is -0.810. The van der Waals surface area contributed by atoms with Gasteiger partial charge in [-0.1, -0.05) is 95.9 Å². The predicted octanol–water partition coefficient (Wildman–Crippen LogP) is 3.26. The minimum atomic E-state index is -1.56. The molecule has 1 aliphatic rings. The molecule has 1 fully saturated rings. The molecule has 7 atom stereocenters. The molecule has 0 aromatic heterocycles. The molecule has 1 aliphatic heterocycles. The van der Waals surface area contributed by atoms with E-state index in [9.17, 15) is 30.3 Å². The Hall–Kier alpha value is -1.33. The summed E-state index contributed by atoms with van der Waals surface area (Å²) in [7, 11) is 0. The van der Waals surface area contributed by atoms with E-state index in [0.717, 1.165) is 44.9 Å². The van der Waals surface area contributed by atoms with Gasteiger partial charge in [0.05, 0.1) is 25.4 Å². The number of rotatable bonds is 22. The van der Waals surface area contributed by atoms with E-state index in [1.54, 1.807) is 6.08 Å². The van der Waals surface area contributed by atoms with Gasteiger partial charge in [-0.2, -0.15) is 0 Å². The van der Waals surface area contributed by atoms with Crippen LogP contribution in [0.5, 0.6) is 0 Å². The highest BCUT2D eigenvalue weighted by Gasteiger charge is 2.44. The van der Waals surface area contributed by atoms with Crippen LogP contribution < -0.4 is 5.32 Å². The van der Waals surface area contributed by atoms with Crippen molar-refractivity contribution >= 4 is 5.91 Å². The first kappa shape index (κ1) is 35.7. The molecule has 1 rings (SSSR count). The summed E-state index contributed by atoms with van der Waals surface area (Å²) in [4.78, 5) is 12.6. The number of ether oxygens (including phenoxy) is 2. The maximum absolute atomic E-state index is 12.6. The summed E-state index contributed by atoms with van der Waals surface area (Å²) >= 11 is 0. The van der Waals surface area contributed by atoms with Crippen molar-refractivity contribution < 1.29 is 39.8 Å². The minimum absolute atomic E-state index is 0.199. The fraction of sp³-hybridized carbons (Fsp3) is 0.833. The molecule has 0 radical (unpaired) electrons. The number of amides is 1. The molecular formula is C30H55NO8. The molecule has 1 saturated heterocycles. The zero-order chi connectivity index (χ0) is 28.9. The summed E-state index contributed by atoms with van der Waals surface area (Å²) < 4.78 is 11.0. The van der Waals surface area contributed by atoms with Gasteiger partial charge in [-0.25, -0.2) is 0 Å². The van der Waals surface area contributed by atoms with Gasteiger partial charge in [-0.3, -0.25) is 4.79 Å². The number of aliphatic hydroxyl groups excluding tert-OH is 5. The van der Waals surface area contributed by atoms with Crippen molar-refractivity contribution in [1.82, 2.24) is 5.32 Å². The lowest BCUT2D eigenvalue weighted by Crippen LogP contribution is -2.60. The molecule has 0 aliphatic carbocycles. The standard InChI is InChI=1S/C30H55NO8/c1-3-5-7-9-11-13-15-17-19-24(33)23(31-26(34)20-18-16-14-12-10-8-6-4-2)22-38-30-29(37)28(36)27(35)25(21-32)39-30/h9,11,17,19,23-25,27-30,32-33,35-37H,3-8,10,12-16,18,20-22H2,1-2H3,(H,31,34)/b11-9+,19-17+. The number of aliphatic hydroxyl groups is 5. The summed E-state index contributed by atoms with van der Waals surface area (Å²) in [5.41, 5.74) is 0. The summed E-state index contributed by atoms with van der Waals surface area (Å²) in [6.07, 6.45) is 14.0. The molecule has 0 bridgehead atoms. The number of allylic oxidation sites excluding steroid dienone is 3. The van der Waals surface area contributed by atoms with Crippen molar-refractivity contribution in [3.8, 4) is 0 Å². The zero-order valence-electron chi connectivity index (χ0n) is 24.1. The average molecular weight is 558 g/mol. The van der Waals surface area contributed by atoms with E-state index in [-0.39, 0.29) is 12.5 Å². The van der Waals surface area contributed by atoms with Gasteiger partial charge in [0.25, 0.3) is 0 Å². The summed E-state index contributed by atoms with van der Waals surface area (Å²) in [5.74, 6) is -0.199. The predicted molar refractivity (Wildman–Crippen MR) is 152 cm³/mol. The lowest BCUT2D eigenvalue weighted by Gasteiger charge is -2.40. The first-order valence-corrected chi connectivity index (χ1v) is 15.1. The normalized spacial score (nSPS) is 25.4. The number of nitrogens with one attached hydrogen (secondary N) is 1. The van der Waals surface area contributed by atoms with Crippen LogP contribution in [0.25, 0.3) is 0 Å². The lowest BCUT2D eigenvalue weighted by molar-refractivity contribution is -0.302. The quantitative estimate of drug-likeness (QED) is 0.0878. The number of carbonyl (C=O) groups is 1. The van der Waals surface area contributed by atoms with E-state index >= 15 is 0 Å². The zero-order valence-corrected chi connectivity index (χ0v) is 24.1. The molecule has 6 N–H and O–H groups in total. The maximum atomic E-state index is 12.6. The molecule has 0 aromatic rings. The third-order valence-corrected chi connectivity index (χ3v) is 7.03. The molecule has 9 nitrogen and oxygen atoms in total. The van der Waals surface area contributed by atoms with Gasteiger partial charge in [0.1, 0.15) is 24.4 Å². The smallest absolute Gasteiger partial charge is 0.220 e. The van der Waals surface area contributed by atoms with Gasteiger partial charge in [0.15, 0.2) is 6.29 Å². The van der Waals surface area contributed by atoms with E-state index in [1.807, 2.05) is 6.08 Å². The van der Waals surface area contributed by atoms with Crippen LogP contribution in [0.3, 0.4) is 0 Å². The van der Waals surface area contributed by atoms with Crippen LogP contribution in [0, 0.1) is 0 Å². The Labute approximate surface area is 235 Å². The molecule has 0 spiro atoms. The molecule has 1 heterocycles. The first-order valence-electron chi connectivity index (χ1n) is 15.1. The van der Waals surface area contributed by atoms with Crippen molar-refractivity contribution in [3.63, 3.8) is 0 Å². The first-order chi connectivity index (χ1) is 18.8. The highest BCUT2D eigenvalue weighted by atomic mass is 16.7. The second-order valence-electron chi connectivity index (χ2n) is 10.5. The third-order valence-electron chi connectivity index (χ3n) is 7.03. The third kappa shape index (κ3) is 15.3. The summed E-state index contributed by atoms with van der Waals surface area (Å²) in [6.45, 7) is 3.58. The Bertz CT molecular complexity index is 671. The number of carbonyl (C=O) groups excluding carboxylic acids is 1. The van der Waals surface area contributed by atoms with Gasteiger partial charge in [0.2, 0.25) is 5.91 Å². The van der Waals surface area contributed by atoms with Crippen molar-refractivity contribution in [3.05, 3.63) is 24.3 Å². The molecule has 1 amide bonds. The Morgan fingerprint density at radius 1 is 0.846 bits per heavy atom. The van der Waals surface area contributed by atoms with E-state index in [4.69, 9.17) is 9.47 Å². The van der Waals surface area contributed by atoms with Crippen LogP contribution in [0.4, 0.5) is 0 Å². The van der Waals surface area contributed by atoms with Crippen LogP contribution in [-0.2, 0) is 14.3 Å². The number of unbranched alkanes of at least 4 members (excludes halogenated alkanes) is 10. The molecule has 0 aromatic carbocycles. The maximum Gasteiger partial charge on any atom is 0.220 e. The van der Waals surface area contributed by atoms with Crippen LogP contribution in [0.1, 0.15) is 104 Å². The Kier molecular flexibility index (Phi) is 20.5. The second-order valence-corrected chi connectivity index (χ2v) is 10.5. The molecular weight excluding hydrogens is 502 g/mol. The highest BCUT2D eigenvalue weighted by Crippen LogP contribution is 2.22. The summed E-state index contributed by atoms with van der Waals surface area (Å²) in [5, 5.41) is 53.3.